The van der Waals surface area contributed by atoms with Gasteiger partial charge in [0.15, 0.2) is 0 Å². The molecule has 0 aliphatic rings. The third kappa shape index (κ3) is 5.44. The molecule has 1 atom stereocenters. The molecule has 8 heteroatoms. The van der Waals surface area contributed by atoms with Crippen LogP contribution >= 0.6 is 0 Å². The van der Waals surface area contributed by atoms with Crippen molar-refractivity contribution in [2.75, 3.05) is 27.2 Å². The molecule has 116 valence electrons. The first-order chi connectivity index (χ1) is 9.60. The van der Waals surface area contributed by atoms with E-state index in [-0.39, 0.29) is 12.1 Å². The minimum atomic E-state index is -1.17. The summed E-state index contributed by atoms with van der Waals surface area (Å²) in [6.45, 7) is 1.80. The Hall–Kier alpha value is -2.06. The monoisotopic (exact) mass is 299 g/mol. The Kier molecular flexibility index (Phi) is 5.34. The predicted molar refractivity (Wildman–Crippen MR) is 74.6 cm³/mol. The van der Waals surface area contributed by atoms with Gasteiger partial charge in [0.25, 0.3) is 11.6 Å². The van der Waals surface area contributed by atoms with Gasteiger partial charge in [-0.1, -0.05) is 0 Å². The number of rotatable bonds is 6. The number of hydrogen-bond acceptors (Lipinski definition) is 5. The van der Waals surface area contributed by atoms with Crippen molar-refractivity contribution in [2.24, 2.45) is 0 Å². The predicted octanol–water partition coefficient (Wildman–Crippen LogP) is 0.776. The SMILES string of the molecule is CN(C)CC(C)(O)CNC(=O)c1cc(F)cc([N+](=O)[O-])c1. The third-order valence-electron chi connectivity index (χ3n) is 2.64. The topological polar surface area (TPSA) is 95.7 Å². The van der Waals surface area contributed by atoms with Gasteiger partial charge in [-0.25, -0.2) is 4.39 Å². The molecule has 1 aromatic carbocycles. The van der Waals surface area contributed by atoms with E-state index < -0.39 is 27.9 Å². The van der Waals surface area contributed by atoms with Crippen molar-refractivity contribution < 1.29 is 19.2 Å². The Labute approximate surface area is 121 Å². The van der Waals surface area contributed by atoms with Crippen LogP contribution in [-0.4, -0.2) is 53.6 Å². The normalized spacial score (nSPS) is 13.8. The number of benzene rings is 1. The zero-order valence-electron chi connectivity index (χ0n) is 12.1. The minimum Gasteiger partial charge on any atom is -0.387 e. The molecule has 7 nitrogen and oxygen atoms in total. The molecule has 0 heterocycles. The van der Waals surface area contributed by atoms with Gasteiger partial charge in [-0.2, -0.15) is 0 Å². The molecular weight excluding hydrogens is 281 g/mol. The summed E-state index contributed by atoms with van der Waals surface area (Å²) < 4.78 is 13.3. The number of carbonyl (C=O) groups excluding carboxylic acids is 1. The second-order valence-electron chi connectivity index (χ2n) is 5.37. The Morgan fingerprint density at radius 1 is 1.48 bits per heavy atom. The van der Waals surface area contributed by atoms with E-state index in [4.69, 9.17) is 0 Å². The molecule has 0 fully saturated rings. The molecule has 0 bridgehead atoms. The quantitative estimate of drug-likeness (QED) is 0.597. The summed E-state index contributed by atoms with van der Waals surface area (Å²) >= 11 is 0. The average Bonchev–Trinajstić information content (AvgIpc) is 2.33. The van der Waals surface area contributed by atoms with E-state index in [1.807, 2.05) is 0 Å². The van der Waals surface area contributed by atoms with Crippen molar-refractivity contribution in [2.45, 2.75) is 12.5 Å². The first kappa shape index (κ1) is 17.0. The maximum Gasteiger partial charge on any atom is 0.273 e. The molecule has 0 saturated heterocycles. The molecule has 0 spiro atoms. The van der Waals surface area contributed by atoms with E-state index >= 15 is 0 Å². The van der Waals surface area contributed by atoms with Gasteiger partial charge in [-0.15, -0.1) is 0 Å². The molecule has 1 rings (SSSR count). The van der Waals surface area contributed by atoms with Crippen molar-refractivity contribution in [3.63, 3.8) is 0 Å². The van der Waals surface area contributed by atoms with Crippen LogP contribution in [0.3, 0.4) is 0 Å². The van der Waals surface area contributed by atoms with Gasteiger partial charge < -0.3 is 15.3 Å². The molecule has 0 aliphatic heterocycles. The van der Waals surface area contributed by atoms with Crippen LogP contribution in [0.1, 0.15) is 17.3 Å². The number of non-ortho nitro benzene ring substituents is 1. The summed E-state index contributed by atoms with van der Waals surface area (Å²) in [5.41, 5.74) is -1.83. The number of nitrogens with zero attached hydrogens (tertiary/aromatic N) is 2. The van der Waals surface area contributed by atoms with Crippen LogP contribution in [0.2, 0.25) is 0 Å². The second kappa shape index (κ2) is 6.59. The number of amides is 1. The van der Waals surface area contributed by atoms with Crippen LogP contribution in [0, 0.1) is 15.9 Å². The summed E-state index contributed by atoms with van der Waals surface area (Å²) in [7, 11) is 3.54. The van der Waals surface area contributed by atoms with Gasteiger partial charge in [-0.3, -0.25) is 14.9 Å². The molecule has 2 N–H and O–H groups in total. The molecule has 1 aromatic rings. The first-order valence-electron chi connectivity index (χ1n) is 6.21. The standard InChI is InChI=1S/C13H18FN3O4/c1-13(19,8-16(2)3)7-15-12(18)9-4-10(14)6-11(5-9)17(20)21/h4-6,19H,7-8H2,1-3H3,(H,15,18). The van der Waals surface area contributed by atoms with Gasteiger partial charge in [-0.05, 0) is 27.1 Å². The van der Waals surface area contributed by atoms with Crippen molar-refractivity contribution in [1.29, 1.82) is 0 Å². The van der Waals surface area contributed by atoms with Crippen molar-refractivity contribution >= 4 is 11.6 Å². The Bertz CT molecular complexity index is 546. The highest BCUT2D eigenvalue weighted by Gasteiger charge is 2.23. The number of nitrogens with one attached hydrogen (secondary N) is 1. The fraction of sp³-hybridized carbons (Fsp3) is 0.462. The molecule has 0 saturated carbocycles. The number of nitro groups is 1. The van der Waals surface area contributed by atoms with Gasteiger partial charge in [0.05, 0.1) is 16.6 Å². The number of carbonyl (C=O) groups is 1. The lowest BCUT2D eigenvalue weighted by molar-refractivity contribution is -0.385. The van der Waals surface area contributed by atoms with Crippen LogP contribution in [0.4, 0.5) is 10.1 Å². The molecule has 0 aromatic heterocycles. The number of nitro benzene ring substituents is 1. The summed E-state index contributed by atoms with van der Waals surface area (Å²) in [5, 5.41) is 23.1. The summed E-state index contributed by atoms with van der Waals surface area (Å²) in [6, 6.07) is 2.63. The number of aliphatic hydroxyl groups is 1. The fourth-order valence-corrected chi connectivity index (χ4v) is 1.92. The lowest BCUT2D eigenvalue weighted by atomic mass is 10.1. The van der Waals surface area contributed by atoms with E-state index in [1.165, 1.54) is 0 Å². The van der Waals surface area contributed by atoms with Crippen LogP contribution in [0.25, 0.3) is 0 Å². The molecule has 1 unspecified atom stereocenters. The van der Waals surface area contributed by atoms with Gasteiger partial charge in [0.2, 0.25) is 0 Å². The van der Waals surface area contributed by atoms with E-state index in [2.05, 4.69) is 5.32 Å². The van der Waals surface area contributed by atoms with E-state index in [1.54, 1.807) is 25.9 Å². The highest BCUT2D eigenvalue weighted by atomic mass is 19.1. The fourth-order valence-electron chi connectivity index (χ4n) is 1.92. The minimum absolute atomic E-state index is 0.0612. The van der Waals surface area contributed by atoms with Crippen LogP contribution in [0.15, 0.2) is 18.2 Å². The maximum absolute atomic E-state index is 13.3. The summed E-state index contributed by atoms with van der Waals surface area (Å²) in [6.07, 6.45) is 0. The largest absolute Gasteiger partial charge is 0.387 e. The van der Waals surface area contributed by atoms with Gasteiger partial charge in [0, 0.05) is 24.7 Å². The third-order valence-corrected chi connectivity index (χ3v) is 2.64. The Morgan fingerprint density at radius 2 is 2.10 bits per heavy atom. The molecule has 0 radical (unpaired) electrons. The van der Waals surface area contributed by atoms with Crippen molar-refractivity contribution in [3.05, 3.63) is 39.7 Å². The molecular formula is C13H18FN3O4. The van der Waals surface area contributed by atoms with Gasteiger partial charge >= 0.3 is 0 Å². The highest BCUT2D eigenvalue weighted by molar-refractivity contribution is 5.94. The van der Waals surface area contributed by atoms with Crippen LogP contribution in [0.5, 0.6) is 0 Å². The zero-order valence-corrected chi connectivity index (χ0v) is 12.1. The zero-order chi connectivity index (χ0) is 16.2. The lowest BCUT2D eigenvalue weighted by Crippen LogP contribution is -2.47. The smallest absolute Gasteiger partial charge is 0.273 e. The van der Waals surface area contributed by atoms with E-state index in [9.17, 15) is 24.4 Å². The highest BCUT2D eigenvalue weighted by Crippen LogP contribution is 2.16. The lowest BCUT2D eigenvalue weighted by Gasteiger charge is -2.27. The number of halogens is 1. The molecule has 0 aliphatic carbocycles. The summed E-state index contributed by atoms with van der Waals surface area (Å²) in [5.74, 6) is -1.55. The average molecular weight is 299 g/mol. The van der Waals surface area contributed by atoms with E-state index in [0.717, 1.165) is 18.2 Å². The maximum atomic E-state index is 13.3. The molecule has 1 amide bonds. The van der Waals surface area contributed by atoms with Crippen molar-refractivity contribution in [3.8, 4) is 0 Å². The second-order valence-corrected chi connectivity index (χ2v) is 5.37. The van der Waals surface area contributed by atoms with Gasteiger partial charge in [0.1, 0.15) is 5.82 Å². The number of hydrogen-bond donors (Lipinski definition) is 2. The summed E-state index contributed by atoms with van der Waals surface area (Å²) in [4.78, 5) is 23.5. The Morgan fingerprint density at radius 3 is 2.62 bits per heavy atom. The first-order valence-corrected chi connectivity index (χ1v) is 6.21. The number of likely N-dealkylation sites (N-methyl/N-ethyl adjacent to an activating group) is 1. The Balaban J connectivity index is 2.79. The van der Waals surface area contributed by atoms with Crippen molar-refractivity contribution in [1.82, 2.24) is 10.2 Å². The molecule has 21 heavy (non-hydrogen) atoms. The van der Waals surface area contributed by atoms with Crippen LogP contribution < -0.4 is 5.32 Å². The van der Waals surface area contributed by atoms with Crippen LogP contribution in [-0.2, 0) is 0 Å². The van der Waals surface area contributed by atoms with E-state index in [0.29, 0.717) is 6.54 Å².